The van der Waals surface area contributed by atoms with Crippen LogP contribution in [0.5, 0.6) is 0 Å². The number of nitrogens with zero attached hydrogens (tertiary/aromatic N) is 6. The summed E-state index contributed by atoms with van der Waals surface area (Å²) in [6.45, 7) is 5.05. The van der Waals surface area contributed by atoms with Crippen LogP contribution in [0, 0.1) is 0 Å². The third-order valence-electron chi connectivity index (χ3n) is 4.53. The minimum atomic E-state index is -4.52. The highest BCUT2D eigenvalue weighted by atomic mass is 32.1. The summed E-state index contributed by atoms with van der Waals surface area (Å²) in [6.07, 6.45) is -2.59. The Labute approximate surface area is 168 Å². The monoisotopic (exact) mass is 427 g/mol. The van der Waals surface area contributed by atoms with Crippen molar-refractivity contribution in [2.24, 2.45) is 0 Å². The van der Waals surface area contributed by atoms with Crippen LogP contribution in [0.4, 0.5) is 24.9 Å². The Morgan fingerprint density at radius 1 is 1.21 bits per heavy atom. The Morgan fingerprint density at radius 2 is 2.03 bits per heavy atom. The summed E-state index contributed by atoms with van der Waals surface area (Å²) in [6, 6.07) is 2.06. The Bertz CT molecular complexity index is 1020. The smallest absolute Gasteiger partial charge is 0.347 e. The number of hydrogen-bond donors (Lipinski definition) is 1. The summed E-state index contributed by atoms with van der Waals surface area (Å²) >= 11 is 1.59. The third kappa shape index (κ3) is 3.86. The fourth-order valence-corrected chi connectivity index (χ4v) is 4.42. The van der Waals surface area contributed by atoms with Gasteiger partial charge in [0.2, 0.25) is 11.8 Å². The van der Waals surface area contributed by atoms with Crippen LogP contribution in [0.1, 0.15) is 36.8 Å². The van der Waals surface area contributed by atoms with Crippen molar-refractivity contribution >= 4 is 33.3 Å². The Hall–Kier alpha value is -2.47. The predicted octanol–water partition coefficient (Wildman–Crippen LogP) is 3.64. The maximum Gasteiger partial charge on any atom is 0.451 e. The number of aryl methyl sites for hydroxylation is 1. The van der Waals surface area contributed by atoms with Crippen molar-refractivity contribution in [3.05, 3.63) is 22.6 Å². The van der Waals surface area contributed by atoms with Gasteiger partial charge in [-0.3, -0.25) is 4.84 Å². The summed E-state index contributed by atoms with van der Waals surface area (Å²) in [5.41, 5.74) is 2.73. The maximum absolute atomic E-state index is 13.1. The number of hydrogen-bond acceptors (Lipinski definition) is 8. The largest absolute Gasteiger partial charge is 0.451 e. The zero-order valence-corrected chi connectivity index (χ0v) is 16.8. The van der Waals surface area contributed by atoms with Crippen LogP contribution in [0.3, 0.4) is 0 Å². The minimum absolute atomic E-state index is 0.128. The molecule has 0 unspecified atom stereocenters. The molecule has 0 bridgehead atoms. The summed E-state index contributed by atoms with van der Waals surface area (Å²) in [7, 11) is 0. The highest BCUT2D eigenvalue weighted by molar-refractivity contribution is 7.18. The van der Waals surface area contributed by atoms with E-state index in [-0.39, 0.29) is 18.9 Å². The van der Waals surface area contributed by atoms with Gasteiger partial charge in [0, 0.05) is 18.0 Å². The molecule has 3 aromatic rings. The molecule has 3 aromatic heterocycles. The molecule has 156 valence electrons. The molecule has 0 atom stereocenters. The second kappa shape index (κ2) is 7.75. The van der Waals surface area contributed by atoms with Gasteiger partial charge < -0.3 is 9.47 Å². The topological polar surface area (TPSA) is 81.0 Å². The quantitative estimate of drug-likeness (QED) is 0.602. The zero-order chi connectivity index (χ0) is 20.6. The third-order valence-corrected chi connectivity index (χ3v) is 5.62. The van der Waals surface area contributed by atoms with Crippen LogP contribution in [0.2, 0.25) is 0 Å². The summed E-state index contributed by atoms with van der Waals surface area (Å²) in [5, 5.41) is 7.98. The van der Waals surface area contributed by atoms with Crippen LogP contribution in [-0.4, -0.2) is 37.9 Å². The molecule has 0 radical (unpaired) electrons. The molecule has 0 fully saturated rings. The molecule has 1 aliphatic heterocycles. The Balaban J connectivity index is 1.71. The SMILES string of the molecule is CCCc1cc2c(N3CCn4c(nnc4C(F)(F)F)C3)nc(NOCC)nc2s1. The van der Waals surface area contributed by atoms with Gasteiger partial charge in [0.15, 0.2) is 5.82 Å². The van der Waals surface area contributed by atoms with Crippen LogP contribution in [0.25, 0.3) is 10.2 Å². The molecule has 1 aliphatic rings. The molecule has 0 aliphatic carbocycles. The first-order chi connectivity index (χ1) is 13.9. The molecular formula is C17H20F3N7OS. The van der Waals surface area contributed by atoms with Crippen molar-refractivity contribution < 1.29 is 18.0 Å². The Kier molecular flexibility index (Phi) is 5.30. The number of anilines is 2. The van der Waals surface area contributed by atoms with Gasteiger partial charge in [0.1, 0.15) is 10.6 Å². The van der Waals surface area contributed by atoms with Gasteiger partial charge in [0.05, 0.1) is 18.5 Å². The van der Waals surface area contributed by atoms with Gasteiger partial charge in [-0.05, 0) is 19.4 Å². The average molecular weight is 427 g/mol. The van der Waals surface area contributed by atoms with Gasteiger partial charge in [-0.15, -0.1) is 21.5 Å². The molecule has 4 heterocycles. The lowest BCUT2D eigenvalue weighted by Crippen LogP contribution is -2.36. The summed E-state index contributed by atoms with van der Waals surface area (Å²) in [5.74, 6) is 0.277. The highest BCUT2D eigenvalue weighted by Gasteiger charge is 2.39. The number of rotatable bonds is 6. The van der Waals surface area contributed by atoms with Crippen molar-refractivity contribution in [3.8, 4) is 0 Å². The van der Waals surface area contributed by atoms with Crippen molar-refractivity contribution in [1.29, 1.82) is 0 Å². The molecule has 12 heteroatoms. The van der Waals surface area contributed by atoms with Crippen molar-refractivity contribution in [2.75, 3.05) is 23.5 Å². The molecule has 8 nitrogen and oxygen atoms in total. The number of alkyl halides is 3. The van der Waals surface area contributed by atoms with Crippen LogP contribution in [-0.2, 0) is 30.5 Å². The summed E-state index contributed by atoms with van der Waals surface area (Å²) < 4.78 is 40.4. The minimum Gasteiger partial charge on any atom is -0.347 e. The van der Waals surface area contributed by atoms with E-state index in [1.165, 1.54) is 4.88 Å². The number of fused-ring (bicyclic) bond motifs is 2. The van der Waals surface area contributed by atoms with Gasteiger partial charge in [-0.25, -0.2) is 5.48 Å². The molecule has 0 aromatic carbocycles. The van der Waals surface area contributed by atoms with Crippen LogP contribution in [0.15, 0.2) is 6.07 Å². The van der Waals surface area contributed by atoms with E-state index in [0.29, 0.717) is 24.9 Å². The van der Waals surface area contributed by atoms with Crippen molar-refractivity contribution in [1.82, 2.24) is 24.7 Å². The highest BCUT2D eigenvalue weighted by Crippen LogP contribution is 2.35. The molecular weight excluding hydrogens is 407 g/mol. The molecule has 1 N–H and O–H groups in total. The number of nitrogens with one attached hydrogen (secondary N) is 1. The molecule has 4 rings (SSSR count). The summed E-state index contributed by atoms with van der Waals surface area (Å²) in [4.78, 5) is 18.2. The number of aromatic nitrogens is 5. The predicted molar refractivity (Wildman–Crippen MR) is 103 cm³/mol. The van der Waals surface area contributed by atoms with E-state index in [2.05, 4.69) is 38.6 Å². The van der Waals surface area contributed by atoms with Gasteiger partial charge in [0.25, 0.3) is 0 Å². The van der Waals surface area contributed by atoms with Crippen LogP contribution < -0.4 is 10.4 Å². The number of thiophene rings is 1. The molecule has 29 heavy (non-hydrogen) atoms. The van der Waals surface area contributed by atoms with E-state index in [0.717, 1.165) is 27.6 Å². The fraction of sp³-hybridized carbons (Fsp3) is 0.529. The lowest BCUT2D eigenvalue weighted by atomic mass is 10.2. The second-order valence-electron chi connectivity index (χ2n) is 6.60. The molecule has 0 saturated heterocycles. The molecule has 0 amide bonds. The zero-order valence-electron chi connectivity index (χ0n) is 16.0. The lowest BCUT2D eigenvalue weighted by molar-refractivity contribution is -0.147. The first-order valence-corrected chi connectivity index (χ1v) is 10.1. The van der Waals surface area contributed by atoms with E-state index >= 15 is 0 Å². The number of halogens is 3. The maximum atomic E-state index is 13.1. The lowest BCUT2D eigenvalue weighted by Gasteiger charge is -2.29. The first-order valence-electron chi connectivity index (χ1n) is 9.33. The van der Waals surface area contributed by atoms with E-state index in [1.807, 2.05) is 11.8 Å². The Morgan fingerprint density at radius 3 is 2.76 bits per heavy atom. The molecule has 0 spiro atoms. The average Bonchev–Trinajstić information content (AvgIpc) is 3.28. The van der Waals surface area contributed by atoms with Gasteiger partial charge in [-0.1, -0.05) is 13.3 Å². The first kappa shape index (κ1) is 19.8. The van der Waals surface area contributed by atoms with Crippen LogP contribution >= 0.6 is 11.3 Å². The van der Waals surface area contributed by atoms with E-state index < -0.39 is 12.0 Å². The van der Waals surface area contributed by atoms with E-state index in [4.69, 9.17) is 4.84 Å². The van der Waals surface area contributed by atoms with Gasteiger partial charge >= 0.3 is 6.18 Å². The van der Waals surface area contributed by atoms with Gasteiger partial charge in [-0.2, -0.15) is 23.1 Å². The van der Waals surface area contributed by atoms with Crippen molar-refractivity contribution in [3.63, 3.8) is 0 Å². The van der Waals surface area contributed by atoms with E-state index in [1.54, 1.807) is 11.3 Å². The second-order valence-corrected chi connectivity index (χ2v) is 7.71. The van der Waals surface area contributed by atoms with Crippen molar-refractivity contribution in [2.45, 2.75) is 46.0 Å². The standard InChI is InChI=1S/C17H20F3N7OS/c1-3-5-10-8-11-13(21-16(25-28-4-2)22-14(11)29-10)26-6-7-27-12(9-26)23-24-15(27)17(18,19)20/h8H,3-7,9H2,1-2H3,(H,21,22,25). The van der Waals surface area contributed by atoms with E-state index in [9.17, 15) is 13.2 Å². The normalized spacial score (nSPS) is 14.4. The fourth-order valence-electron chi connectivity index (χ4n) is 3.30. The molecule has 0 saturated carbocycles.